The summed E-state index contributed by atoms with van der Waals surface area (Å²) in [7, 11) is 3.76. The lowest BCUT2D eigenvalue weighted by molar-refractivity contribution is 0.402. The molecular formula is C17H19NOS2. The van der Waals surface area contributed by atoms with Gasteiger partial charge in [-0.3, -0.25) is 0 Å². The van der Waals surface area contributed by atoms with E-state index < -0.39 is 0 Å². The molecule has 2 nitrogen and oxygen atoms in total. The first-order chi connectivity index (χ1) is 10.2. The highest BCUT2D eigenvalue weighted by atomic mass is 32.1. The van der Waals surface area contributed by atoms with Crippen molar-refractivity contribution in [3.8, 4) is 5.75 Å². The normalized spacial score (nSPS) is 12.8. The van der Waals surface area contributed by atoms with Crippen molar-refractivity contribution < 1.29 is 4.74 Å². The second kappa shape index (κ2) is 5.79. The van der Waals surface area contributed by atoms with Gasteiger partial charge in [-0.25, -0.2) is 0 Å². The maximum atomic E-state index is 5.68. The minimum absolute atomic E-state index is 0.170. The van der Waals surface area contributed by atoms with Gasteiger partial charge in [0.05, 0.1) is 13.2 Å². The van der Waals surface area contributed by atoms with Gasteiger partial charge < -0.3 is 10.1 Å². The van der Waals surface area contributed by atoms with Crippen LogP contribution in [-0.4, -0.2) is 14.2 Å². The molecule has 0 aliphatic rings. The molecule has 0 saturated heterocycles. The Morgan fingerprint density at radius 3 is 2.62 bits per heavy atom. The van der Waals surface area contributed by atoms with E-state index in [1.165, 1.54) is 31.0 Å². The van der Waals surface area contributed by atoms with E-state index in [0.717, 1.165) is 5.75 Å². The van der Waals surface area contributed by atoms with Gasteiger partial charge in [0.1, 0.15) is 5.75 Å². The Morgan fingerprint density at radius 2 is 1.95 bits per heavy atom. The molecule has 1 unspecified atom stereocenters. The first-order valence-electron chi connectivity index (χ1n) is 6.94. The molecule has 0 spiro atoms. The molecule has 0 radical (unpaired) electrons. The molecule has 3 aromatic rings. The summed E-state index contributed by atoms with van der Waals surface area (Å²) in [4.78, 5) is 1.33. The molecular weight excluding hydrogens is 298 g/mol. The molecule has 4 heteroatoms. The lowest BCUT2D eigenvalue weighted by Gasteiger charge is -2.20. The standard InChI is InChI=1S/C17H19NOS2/c1-10-5-6-12(17(19-4)11(10)2)16(18-3)15-9-14-13(21-15)7-8-20-14/h5-9,16,18H,1-4H3. The number of ether oxygens (including phenoxy) is 1. The van der Waals surface area contributed by atoms with E-state index in [4.69, 9.17) is 4.74 Å². The average molecular weight is 317 g/mol. The monoisotopic (exact) mass is 317 g/mol. The molecule has 0 saturated carbocycles. The minimum Gasteiger partial charge on any atom is -0.496 e. The highest BCUT2D eigenvalue weighted by Gasteiger charge is 2.21. The fourth-order valence-corrected chi connectivity index (χ4v) is 4.94. The van der Waals surface area contributed by atoms with E-state index in [1.807, 2.05) is 18.4 Å². The zero-order valence-corrected chi connectivity index (χ0v) is 14.3. The van der Waals surface area contributed by atoms with Crippen LogP contribution in [0.4, 0.5) is 0 Å². The molecule has 1 aromatic carbocycles. The molecule has 1 N–H and O–H groups in total. The van der Waals surface area contributed by atoms with Crippen LogP contribution in [0.5, 0.6) is 5.75 Å². The highest BCUT2D eigenvalue weighted by molar-refractivity contribution is 7.27. The van der Waals surface area contributed by atoms with Crippen molar-refractivity contribution in [3.63, 3.8) is 0 Å². The summed E-state index contributed by atoms with van der Waals surface area (Å²) in [6, 6.07) is 9.01. The predicted molar refractivity (Wildman–Crippen MR) is 93.1 cm³/mol. The van der Waals surface area contributed by atoms with Gasteiger partial charge in [0, 0.05) is 19.8 Å². The summed E-state index contributed by atoms with van der Waals surface area (Å²) in [5, 5.41) is 5.59. The zero-order valence-electron chi connectivity index (χ0n) is 12.7. The number of fused-ring (bicyclic) bond motifs is 1. The third-order valence-corrected chi connectivity index (χ3v) is 6.11. The number of benzene rings is 1. The van der Waals surface area contributed by atoms with E-state index in [0.29, 0.717) is 0 Å². The van der Waals surface area contributed by atoms with E-state index in [2.05, 4.69) is 48.8 Å². The van der Waals surface area contributed by atoms with Gasteiger partial charge in [-0.1, -0.05) is 12.1 Å². The van der Waals surface area contributed by atoms with Gasteiger partial charge in [-0.2, -0.15) is 0 Å². The van der Waals surface area contributed by atoms with E-state index in [-0.39, 0.29) is 6.04 Å². The topological polar surface area (TPSA) is 21.3 Å². The Kier molecular flexibility index (Phi) is 4.02. The summed E-state index contributed by atoms with van der Waals surface area (Å²) < 4.78 is 8.40. The third-order valence-electron chi connectivity index (χ3n) is 3.95. The van der Waals surface area contributed by atoms with Gasteiger partial charge in [0.15, 0.2) is 0 Å². The van der Waals surface area contributed by atoms with Crippen molar-refractivity contribution in [2.45, 2.75) is 19.9 Å². The largest absolute Gasteiger partial charge is 0.496 e. The van der Waals surface area contributed by atoms with Gasteiger partial charge in [0.25, 0.3) is 0 Å². The van der Waals surface area contributed by atoms with Crippen LogP contribution in [0.25, 0.3) is 9.40 Å². The average Bonchev–Trinajstić information content (AvgIpc) is 3.05. The van der Waals surface area contributed by atoms with Crippen LogP contribution in [-0.2, 0) is 0 Å². The molecule has 0 amide bonds. The Hall–Kier alpha value is -1.36. The Labute approximate surface area is 133 Å². The van der Waals surface area contributed by atoms with Crippen molar-refractivity contribution in [2.24, 2.45) is 0 Å². The van der Waals surface area contributed by atoms with Crippen LogP contribution in [0.3, 0.4) is 0 Å². The third kappa shape index (κ3) is 2.48. The second-order valence-electron chi connectivity index (χ2n) is 5.15. The molecule has 2 heterocycles. The van der Waals surface area contributed by atoms with Gasteiger partial charge in [0.2, 0.25) is 0 Å². The molecule has 2 aromatic heterocycles. The fraction of sp³-hybridized carbons (Fsp3) is 0.294. The van der Waals surface area contributed by atoms with Crippen molar-refractivity contribution in [3.05, 3.63) is 51.2 Å². The number of rotatable bonds is 4. The lowest BCUT2D eigenvalue weighted by atomic mass is 9.98. The molecule has 0 aliphatic heterocycles. The Balaban J connectivity index is 2.11. The summed E-state index contributed by atoms with van der Waals surface area (Å²) in [6.07, 6.45) is 0. The highest BCUT2D eigenvalue weighted by Crippen LogP contribution is 2.39. The predicted octanol–water partition coefficient (Wildman–Crippen LogP) is 4.90. The zero-order chi connectivity index (χ0) is 15.0. The number of hydrogen-bond donors (Lipinski definition) is 1. The first-order valence-corrected chi connectivity index (χ1v) is 8.63. The van der Waals surface area contributed by atoms with E-state index in [1.54, 1.807) is 18.4 Å². The van der Waals surface area contributed by atoms with Crippen LogP contribution in [0.1, 0.15) is 27.6 Å². The van der Waals surface area contributed by atoms with Crippen molar-refractivity contribution in [1.29, 1.82) is 0 Å². The first kappa shape index (κ1) is 14.6. The van der Waals surface area contributed by atoms with Gasteiger partial charge in [-0.05, 0) is 49.5 Å². The van der Waals surface area contributed by atoms with Crippen molar-refractivity contribution in [1.82, 2.24) is 5.32 Å². The van der Waals surface area contributed by atoms with Crippen LogP contribution in [0, 0.1) is 13.8 Å². The number of aryl methyl sites for hydroxylation is 1. The molecule has 0 fully saturated rings. The van der Waals surface area contributed by atoms with Gasteiger partial charge in [-0.15, -0.1) is 22.7 Å². The summed E-state index contributed by atoms with van der Waals surface area (Å²) in [5.74, 6) is 0.992. The molecule has 0 aliphatic carbocycles. The minimum atomic E-state index is 0.170. The SMILES string of the molecule is CNC(c1cc2sccc2s1)c1ccc(C)c(C)c1OC. The molecule has 0 bridgehead atoms. The summed E-state index contributed by atoms with van der Waals surface area (Å²) in [5.41, 5.74) is 3.68. The molecule has 21 heavy (non-hydrogen) atoms. The summed E-state index contributed by atoms with van der Waals surface area (Å²) in [6.45, 7) is 4.24. The fourth-order valence-electron chi connectivity index (χ4n) is 2.69. The van der Waals surface area contributed by atoms with E-state index >= 15 is 0 Å². The van der Waals surface area contributed by atoms with Crippen LogP contribution >= 0.6 is 22.7 Å². The maximum absolute atomic E-state index is 5.68. The van der Waals surface area contributed by atoms with Crippen molar-refractivity contribution in [2.75, 3.05) is 14.2 Å². The molecule has 110 valence electrons. The quantitative estimate of drug-likeness (QED) is 0.739. The lowest BCUT2D eigenvalue weighted by Crippen LogP contribution is -2.17. The summed E-state index contributed by atoms with van der Waals surface area (Å²) >= 11 is 3.65. The van der Waals surface area contributed by atoms with Crippen LogP contribution < -0.4 is 10.1 Å². The second-order valence-corrected chi connectivity index (χ2v) is 7.21. The number of nitrogens with one attached hydrogen (secondary N) is 1. The maximum Gasteiger partial charge on any atom is 0.127 e. The van der Waals surface area contributed by atoms with Crippen molar-refractivity contribution >= 4 is 32.1 Å². The Morgan fingerprint density at radius 1 is 1.14 bits per heavy atom. The Bertz CT molecular complexity index is 744. The van der Waals surface area contributed by atoms with E-state index in [9.17, 15) is 0 Å². The number of hydrogen-bond acceptors (Lipinski definition) is 4. The number of methoxy groups -OCH3 is 1. The number of thiophene rings is 2. The molecule has 3 rings (SSSR count). The van der Waals surface area contributed by atoms with Gasteiger partial charge >= 0.3 is 0 Å². The van der Waals surface area contributed by atoms with Crippen LogP contribution in [0.2, 0.25) is 0 Å². The van der Waals surface area contributed by atoms with Crippen LogP contribution in [0.15, 0.2) is 29.6 Å². The molecule has 1 atom stereocenters. The smallest absolute Gasteiger partial charge is 0.127 e.